The maximum Gasteiger partial charge on any atom is 0.0506 e. The van der Waals surface area contributed by atoms with Crippen LogP contribution in [0, 0.1) is 11.8 Å². The van der Waals surface area contributed by atoms with E-state index in [0.717, 1.165) is 37.1 Å². The van der Waals surface area contributed by atoms with Crippen molar-refractivity contribution >= 4 is 0 Å². The van der Waals surface area contributed by atoms with Gasteiger partial charge >= 0.3 is 0 Å². The van der Waals surface area contributed by atoms with Crippen molar-refractivity contribution in [3.05, 3.63) is 0 Å². The van der Waals surface area contributed by atoms with Crippen molar-refractivity contribution in [2.24, 2.45) is 11.8 Å². The number of nitrogens with zero attached hydrogens (tertiary/aromatic N) is 1. The molecule has 4 atom stereocenters. The molecule has 0 aliphatic carbocycles. The fourth-order valence-electron chi connectivity index (χ4n) is 4.01. The van der Waals surface area contributed by atoms with E-state index in [9.17, 15) is 0 Å². The first kappa shape index (κ1) is 11.9. The van der Waals surface area contributed by atoms with Gasteiger partial charge in [0, 0.05) is 31.8 Å². The number of rotatable bonds is 4. The Morgan fingerprint density at radius 1 is 1.24 bits per heavy atom. The molecule has 3 aliphatic heterocycles. The van der Waals surface area contributed by atoms with Gasteiger partial charge < -0.3 is 15.0 Å². The summed E-state index contributed by atoms with van der Waals surface area (Å²) in [6.07, 6.45) is 6.86. The number of fused-ring (bicyclic) bond motifs is 2. The molecular formula is C14H26N2O. The second-order valence-corrected chi connectivity index (χ2v) is 6.35. The second-order valence-electron chi connectivity index (χ2n) is 6.35. The lowest BCUT2D eigenvalue weighted by molar-refractivity contribution is 0.0397. The molecule has 0 aromatic carbocycles. The molecule has 3 rings (SSSR count). The first-order valence-corrected chi connectivity index (χ1v) is 7.33. The molecule has 98 valence electrons. The van der Waals surface area contributed by atoms with E-state index in [4.69, 9.17) is 4.74 Å². The molecule has 0 radical (unpaired) electrons. The van der Waals surface area contributed by atoms with E-state index in [1.807, 2.05) is 0 Å². The molecule has 0 aromatic rings. The minimum Gasteiger partial charge on any atom is -0.381 e. The van der Waals surface area contributed by atoms with Crippen molar-refractivity contribution in [3.63, 3.8) is 0 Å². The summed E-state index contributed by atoms with van der Waals surface area (Å²) in [5, 5.41) is 3.74. The summed E-state index contributed by atoms with van der Waals surface area (Å²) in [4.78, 5) is 2.55. The molecule has 0 spiro atoms. The van der Waals surface area contributed by atoms with Crippen LogP contribution >= 0.6 is 0 Å². The van der Waals surface area contributed by atoms with E-state index < -0.39 is 0 Å². The van der Waals surface area contributed by atoms with Crippen molar-refractivity contribution < 1.29 is 4.74 Å². The van der Waals surface area contributed by atoms with Gasteiger partial charge in [-0.2, -0.15) is 0 Å². The molecule has 0 saturated carbocycles. The lowest BCUT2D eigenvalue weighted by Gasteiger charge is -2.30. The van der Waals surface area contributed by atoms with Crippen molar-refractivity contribution in [3.8, 4) is 0 Å². The maximum absolute atomic E-state index is 5.56. The van der Waals surface area contributed by atoms with E-state index >= 15 is 0 Å². The van der Waals surface area contributed by atoms with Gasteiger partial charge in [0.2, 0.25) is 0 Å². The number of nitrogens with one attached hydrogen (secondary N) is 1. The third-order valence-corrected chi connectivity index (χ3v) is 4.80. The van der Waals surface area contributed by atoms with Crippen molar-refractivity contribution in [2.45, 2.75) is 44.2 Å². The molecule has 2 bridgehead atoms. The molecule has 3 heteroatoms. The molecule has 3 nitrogen and oxygen atoms in total. The summed E-state index contributed by atoms with van der Waals surface area (Å²) in [5.74, 6) is 1.68. The van der Waals surface area contributed by atoms with Gasteiger partial charge in [-0.25, -0.2) is 0 Å². The van der Waals surface area contributed by atoms with E-state index in [1.54, 1.807) is 0 Å². The first-order chi connectivity index (χ1) is 8.31. The van der Waals surface area contributed by atoms with E-state index in [1.165, 1.54) is 45.2 Å². The molecule has 3 fully saturated rings. The molecule has 3 aliphatic rings. The van der Waals surface area contributed by atoms with Gasteiger partial charge in [0.1, 0.15) is 0 Å². The van der Waals surface area contributed by atoms with Crippen LogP contribution in [0.25, 0.3) is 0 Å². The maximum atomic E-state index is 5.56. The van der Waals surface area contributed by atoms with Gasteiger partial charge in [0.15, 0.2) is 0 Å². The number of hydrogen-bond acceptors (Lipinski definition) is 3. The number of hydrogen-bond donors (Lipinski definition) is 1. The Balaban J connectivity index is 1.42. The minimum atomic E-state index is 0.778. The first-order valence-electron chi connectivity index (χ1n) is 7.33. The summed E-state index contributed by atoms with van der Waals surface area (Å²) in [7, 11) is 2.29. The van der Waals surface area contributed by atoms with Gasteiger partial charge in [0.25, 0.3) is 0 Å². The van der Waals surface area contributed by atoms with Gasteiger partial charge in [-0.3, -0.25) is 0 Å². The van der Waals surface area contributed by atoms with Gasteiger partial charge in [-0.15, -0.1) is 0 Å². The molecule has 4 unspecified atom stereocenters. The molecule has 3 saturated heterocycles. The molecule has 1 N–H and O–H groups in total. The summed E-state index contributed by atoms with van der Waals surface area (Å²) in [6.45, 7) is 4.48. The fourth-order valence-corrected chi connectivity index (χ4v) is 4.01. The predicted molar refractivity (Wildman–Crippen MR) is 69.1 cm³/mol. The highest BCUT2D eigenvalue weighted by molar-refractivity contribution is 4.98. The van der Waals surface area contributed by atoms with Gasteiger partial charge in [-0.1, -0.05) is 0 Å². The zero-order chi connectivity index (χ0) is 11.7. The molecular weight excluding hydrogens is 212 g/mol. The average molecular weight is 238 g/mol. The topological polar surface area (TPSA) is 24.5 Å². The Morgan fingerprint density at radius 3 is 2.82 bits per heavy atom. The Kier molecular flexibility index (Phi) is 3.69. The van der Waals surface area contributed by atoms with E-state index in [-0.39, 0.29) is 0 Å². The SMILES string of the molecule is CN(CC1CCCOC1)CC1CC2CCC1N2. The molecule has 0 aromatic heterocycles. The zero-order valence-electron chi connectivity index (χ0n) is 11.0. The summed E-state index contributed by atoms with van der Waals surface area (Å²) in [6, 6.07) is 1.67. The van der Waals surface area contributed by atoms with Crippen LogP contribution in [0.2, 0.25) is 0 Å². The Morgan fingerprint density at radius 2 is 2.18 bits per heavy atom. The van der Waals surface area contributed by atoms with Crippen molar-refractivity contribution in [1.82, 2.24) is 10.2 Å². The smallest absolute Gasteiger partial charge is 0.0506 e. The Labute approximate surface area is 105 Å². The van der Waals surface area contributed by atoms with Crippen LogP contribution < -0.4 is 5.32 Å². The second kappa shape index (κ2) is 5.25. The molecule has 3 heterocycles. The summed E-state index contributed by atoms with van der Waals surface area (Å²) < 4.78 is 5.56. The highest BCUT2D eigenvalue weighted by Gasteiger charge is 2.39. The summed E-state index contributed by atoms with van der Waals surface area (Å²) in [5.41, 5.74) is 0. The van der Waals surface area contributed by atoms with Crippen LogP contribution in [0.3, 0.4) is 0 Å². The lowest BCUT2D eigenvalue weighted by Crippen LogP contribution is -2.37. The normalized spacial score (nSPS) is 41.3. The zero-order valence-corrected chi connectivity index (χ0v) is 11.0. The standard InChI is InChI=1S/C14H26N2O/c1-16(8-11-3-2-6-17-10-11)9-12-7-13-4-5-14(12)15-13/h11-15H,2-10H2,1H3. The van der Waals surface area contributed by atoms with Crippen LogP contribution in [0.15, 0.2) is 0 Å². The highest BCUT2D eigenvalue weighted by Crippen LogP contribution is 2.33. The fraction of sp³-hybridized carbons (Fsp3) is 1.00. The lowest BCUT2D eigenvalue weighted by atomic mass is 9.88. The predicted octanol–water partition coefficient (Wildman–Crippen LogP) is 1.49. The van der Waals surface area contributed by atoms with Crippen molar-refractivity contribution in [2.75, 3.05) is 33.4 Å². The van der Waals surface area contributed by atoms with Crippen LogP contribution in [0.1, 0.15) is 32.1 Å². The largest absolute Gasteiger partial charge is 0.381 e. The van der Waals surface area contributed by atoms with E-state index in [2.05, 4.69) is 17.3 Å². The van der Waals surface area contributed by atoms with Crippen LogP contribution in [0.4, 0.5) is 0 Å². The quantitative estimate of drug-likeness (QED) is 0.803. The monoisotopic (exact) mass is 238 g/mol. The third kappa shape index (κ3) is 2.83. The van der Waals surface area contributed by atoms with E-state index in [0.29, 0.717) is 0 Å². The minimum absolute atomic E-state index is 0.778. The Hall–Kier alpha value is -0.120. The molecule has 17 heavy (non-hydrogen) atoms. The van der Waals surface area contributed by atoms with Crippen LogP contribution in [0.5, 0.6) is 0 Å². The average Bonchev–Trinajstić information content (AvgIpc) is 2.92. The van der Waals surface area contributed by atoms with Gasteiger partial charge in [0.05, 0.1) is 6.61 Å². The van der Waals surface area contributed by atoms with Crippen LogP contribution in [-0.2, 0) is 4.74 Å². The highest BCUT2D eigenvalue weighted by atomic mass is 16.5. The third-order valence-electron chi connectivity index (χ3n) is 4.80. The van der Waals surface area contributed by atoms with Crippen molar-refractivity contribution in [1.29, 1.82) is 0 Å². The summed E-state index contributed by atoms with van der Waals surface area (Å²) >= 11 is 0. The number of ether oxygens (including phenoxy) is 1. The van der Waals surface area contributed by atoms with Crippen LogP contribution in [-0.4, -0.2) is 50.3 Å². The molecule has 0 amide bonds. The van der Waals surface area contributed by atoms with Gasteiger partial charge in [-0.05, 0) is 51.0 Å². The Bertz CT molecular complexity index is 253.